The highest BCUT2D eigenvalue weighted by molar-refractivity contribution is 7.88. The van der Waals surface area contributed by atoms with Crippen LogP contribution in [0.1, 0.15) is 27.2 Å². The number of hydrogen-bond donors (Lipinski definition) is 2. The van der Waals surface area contributed by atoms with Crippen LogP contribution in [0.4, 0.5) is 0 Å². The van der Waals surface area contributed by atoms with Crippen molar-refractivity contribution in [2.45, 2.75) is 32.8 Å². The van der Waals surface area contributed by atoms with E-state index in [9.17, 15) is 18.3 Å². The first-order valence-electron chi connectivity index (χ1n) is 5.89. The van der Waals surface area contributed by atoms with Crippen LogP contribution in [0.25, 0.3) is 0 Å². The topological polar surface area (TPSA) is 86.7 Å². The van der Waals surface area contributed by atoms with Gasteiger partial charge in [-0.2, -0.15) is 0 Å². The Morgan fingerprint density at radius 3 is 2.28 bits per heavy atom. The molecule has 1 atom stereocenters. The van der Waals surface area contributed by atoms with Crippen molar-refractivity contribution in [3.63, 3.8) is 0 Å². The quantitative estimate of drug-likeness (QED) is 0.729. The van der Waals surface area contributed by atoms with Crippen molar-refractivity contribution in [2.75, 3.05) is 25.9 Å². The van der Waals surface area contributed by atoms with E-state index in [1.807, 2.05) is 13.8 Å². The summed E-state index contributed by atoms with van der Waals surface area (Å²) in [4.78, 5) is 13.5. The molecule has 1 aliphatic heterocycles. The van der Waals surface area contributed by atoms with Crippen molar-refractivity contribution in [1.29, 1.82) is 0 Å². The summed E-state index contributed by atoms with van der Waals surface area (Å²) in [5.74, 6) is -0.142. The van der Waals surface area contributed by atoms with E-state index in [-0.39, 0.29) is 30.8 Å². The molecule has 0 unspecified atom stereocenters. The number of sulfonamides is 1. The molecule has 0 aromatic heterocycles. The molecule has 1 heterocycles. The Balaban J connectivity index is 2.51. The third-order valence-corrected chi connectivity index (χ3v) is 4.33. The highest BCUT2D eigenvalue weighted by atomic mass is 32.2. The molecule has 0 spiro atoms. The van der Waals surface area contributed by atoms with E-state index in [0.717, 1.165) is 6.26 Å². The fourth-order valence-electron chi connectivity index (χ4n) is 1.97. The first-order valence-corrected chi connectivity index (χ1v) is 7.79. The number of nitrogens with one attached hydrogen (secondary N) is 1. The molecule has 1 rings (SSSR count). The number of β-amino-alcohol motifs (C(OH)–C–C–N with tert-alkyl or cyclic N) is 1. The zero-order valence-corrected chi connectivity index (χ0v) is 12.2. The van der Waals surface area contributed by atoms with Gasteiger partial charge in [0.05, 0.1) is 11.9 Å². The minimum absolute atomic E-state index is 0.0940. The molecule has 6 nitrogen and oxygen atoms in total. The molecule has 0 saturated carbocycles. The number of carbonyl (C=O) groups excluding carboxylic acids is 1. The lowest BCUT2D eigenvalue weighted by Gasteiger charge is -2.30. The van der Waals surface area contributed by atoms with Crippen molar-refractivity contribution in [3.8, 4) is 0 Å². The largest absolute Gasteiger partial charge is 0.388 e. The zero-order chi connectivity index (χ0) is 14.2. The number of nitrogens with zero attached hydrogens (tertiary/aromatic N) is 1. The van der Waals surface area contributed by atoms with E-state index in [2.05, 4.69) is 4.72 Å². The van der Waals surface area contributed by atoms with Gasteiger partial charge in [-0.1, -0.05) is 13.8 Å². The molecule has 0 radical (unpaired) electrons. The third kappa shape index (κ3) is 3.66. The highest BCUT2D eigenvalue weighted by Gasteiger charge is 2.48. The number of carbonyl (C=O) groups is 1. The Morgan fingerprint density at radius 1 is 1.33 bits per heavy atom. The minimum atomic E-state index is -3.26. The van der Waals surface area contributed by atoms with Gasteiger partial charge >= 0.3 is 0 Å². The van der Waals surface area contributed by atoms with Gasteiger partial charge in [0.15, 0.2) is 0 Å². The van der Waals surface area contributed by atoms with Crippen LogP contribution in [-0.2, 0) is 14.8 Å². The Morgan fingerprint density at radius 2 is 1.89 bits per heavy atom. The van der Waals surface area contributed by atoms with Gasteiger partial charge in [-0.15, -0.1) is 0 Å². The Hall–Kier alpha value is -0.660. The van der Waals surface area contributed by atoms with Crippen molar-refractivity contribution < 1.29 is 18.3 Å². The van der Waals surface area contributed by atoms with Gasteiger partial charge in [-0.25, -0.2) is 13.1 Å². The van der Waals surface area contributed by atoms with Gasteiger partial charge in [0.2, 0.25) is 15.9 Å². The monoisotopic (exact) mass is 278 g/mol. The molecule has 106 valence electrons. The van der Waals surface area contributed by atoms with E-state index >= 15 is 0 Å². The van der Waals surface area contributed by atoms with Gasteiger partial charge in [0.25, 0.3) is 0 Å². The fourth-order valence-corrected chi connectivity index (χ4v) is 2.44. The van der Waals surface area contributed by atoms with Crippen LogP contribution in [0.3, 0.4) is 0 Å². The van der Waals surface area contributed by atoms with Crippen LogP contribution in [0.2, 0.25) is 0 Å². The Labute approximate surface area is 108 Å². The first-order chi connectivity index (χ1) is 7.95. The molecule has 7 heteroatoms. The summed E-state index contributed by atoms with van der Waals surface area (Å²) in [7, 11) is -3.26. The van der Waals surface area contributed by atoms with E-state index < -0.39 is 15.6 Å². The van der Waals surface area contributed by atoms with Crippen LogP contribution in [0.5, 0.6) is 0 Å². The second-order valence-corrected chi connectivity index (χ2v) is 7.66. The summed E-state index contributed by atoms with van der Waals surface area (Å²) in [5.41, 5.74) is -1.26. The lowest BCUT2D eigenvalue weighted by Crippen LogP contribution is -2.40. The summed E-state index contributed by atoms with van der Waals surface area (Å²) in [6, 6.07) is 0. The minimum Gasteiger partial charge on any atom is -0.388 e. The molecule has 0 bridgehead atoms. The SMILES string of the molecule is CC1(C)CN(C(=O)CCNS(C)(=O)=O)C[C@@]1(C)O. The number of amides is 1. The number of likely N-dealkylation sites (tertiary alicyclic amines) is 1. The van der Waals surface area contributed by atoms with Gasteiger partial charge in [0, 0.05) is 31.5 Å². The molecule has 18 heavy (non-hydrogen) atoms. The number of aliphatic hydroxyl groups is 1. The predicted molar refractivity (Wildman–Crippen MR) is 68.4 cm³/mol. The maximum Gasteiger partial charge on any atom is 0.224 e. The van der Waals surface area contributed by atoms with Crippen molar-refractivity contribution in [3.05, 3.63) is 0 Å². The lowest BCUT2D eigenvalue weighted by molar-refractivity contribution is -0.130. The average molecular weight is 278 g/mol. The molecule has 1 fully saturated rings. The Bertz CT molecular complexity index is 412. The normalized spacial score (nSPS) is 27.5. The standard InChI is InChI=1S/C11H22N2O4S/c1-10(2)7-13(8-11(10,3)15)9(14)5-6-12-18(4,16)17/h12,15H,5-8H2,1-4H3/t11-/m1/s1. The number of rotatable bonds is 4. The van der Waals surface area contributed by atoms with Crippen LogP contribution in [-0.4, -0.2) is 55.8 Å². The zero-order valence-electron chi connectivity index (χ0n) is 11.4. The molecular weight excluding hydrogens is 256 g/mol. The summed E-state index contributed by atoms with van der Waals surface area (Å²) in [6.45, 7) is 6.41. The average Bonchev–Trinajstić information content (AvgIpc) is 2.33. The third-order valence-electron chi connectivity index (χ3n) is 3.60. The molecule has 1 amide bonds. The van der Waals surface area contributed by atoms with Gasteiger partial charge in [0.1, 0.15) is 0 Å². The fraction of sp³-hybridized carbons (Fsp3) is 0.909. The molecule has 1 saturated heterocycles. The number of hydrogen-bond acceptors (Lipinski definition) is 4. The van der Waals surface area contributed by atoms with Crippen molar-refractivity contribution in [1.82, 2.24) is 9.62 Å². The summed E-state index contributed by atoms with van der Waals surface area (Å²) >= 11 is 0. The van der Waals surface area contributed by atoms with Gasteiger partial charge in [-0.05, 0) is 6.92 Å². The van der Waals surface area contributed by atoms with E-state index in [1.165, 1.54) is 0 Å². The van der Waals surface area contributed by atoms with Crippen LogP contribution in [0, 0.1) is 5.41 Å². The molecular formula is C11H22N2O4S. The van der Waals surface area contributed by atoms with Gasteiger partial charge in [-0.3, -0.25) is 4.79 Å². The summed E-state index contributed by atoms with van der Waals surface area (Å²) in [6.07, 6.45) is 1.17. The highest BCUT2D eigenvalue weighted by Crippen LogP contribution is 2.38. The van der Waals surface area contributed by atoms with E-state index in [0.29, 0.717) is 6.54 Å². The summed E-state index contributed by atoms with van der Waals surface area (Å²) < 4.78 is 24.0. The maximum absolute atomic E-state index is 11.9. The van der Waals surface area contributed by atoms with E-state index in [4.69, 9.17) is 0 Å². The Kier molecular flexibility index (Phi) is 4.10. The predicted octanol–water partition coefficient (Wildman–Crippen LogP) is -0.455. The molecule has 0 aromatic rings. The molecule has 2 N–H and O–H groups in total. The lowest BCUT2D eigenvalue weighted by atomic mass is 9.79. The van der Waals surface area contributed by atoms with E-state index in [1.54, 1.807) is 11.8 Å². The van der Waals surface area contributed by atoms with Crippen LogP contribution in [0.15, 0.2) is 0 Å². The van der Waals surface area contributed by atoms with Crippen LogP contribution < -0.4 is 4.72 Å². The molecule has 0 aliphatic carbocycles. The second-order valence-electron chi connectivity index (χ2n) is 5.82. The van der Waals surface area contributed by atoms with Crippen molar-refractivity contribution >= 4 is 15.9 Å². The molecule has 1 aliphatic rings. The maximum atomic E-state index is 11.9. The summed E-state index contributed by atoms with van der Waals surface area (Å²) in [5, 5.41) is 10.2. The second kappa shape index (κ2) is 4.79. The molecule has 0 aromatic carbocycles. The first kappa shape index (κ1) is 15.4. The van der Waals surface area contributed by atoms with Crippen LogP contribution >= 0.6 is 0 Å². The van der Waals surface area contributed by atoms with Gasteiger partial charge < -0.3 is 10.0 Å². The smallest absolute Gasteiger partial charge is 0.224 e. The van der Waals surface area contributed by atoms with Crippen molar-refractivity contribution in [2.24, 2.45) is 5.41 Å².